The molecule has 158 valence electrons. The zero-order valence-electron chi connectivity index (χ0n) is 17.0. The molecular formula is C23H23N5O3. The van der Waals surface area contributed by atoms with Gasteiger partial charge >= 0.3 is 0 Å². The van der Waals surface area contributed by atoms with Gasteiger partial charge in [0, 0.05) is 12.7 Å². The molecule has 5 rings (SSSR count). The molecule has 3 aromatic rings. The number of imidazole rings is 1. The summed E-state index contributed by atoms with van der Waals surface area (Å²) in [6.45, 7) is 0.0665. The fourth-order valence-electron chi connectivity index (χ4n) is 4.59. The highest BCUT2D eigenvalue weighted by Gasteiger charge is 2.48. The lowest BCUT2D eigenvalue weighted by atomic mass is 9.81. The van der Waals surface area contributed by atoms with Crippen molar-refractivity contribution in [1.82, 2.24) is 24.8 Å². The van der Waals surface area contributed by atoms with E-state index in [1.807, 2.05) is 41.0 Å². The molecule has 0 bridgehead atoms. The third kappa shape index (κ3) is 3.58. The van der Waals surface area contributed by atoms with Gasteiger partial charge in [0.05, 0.1) is 22.9 Å². The van der Waals surface area contributed by atoms with E-state index in [0.717, 1.165) is 53.0 Å². The van der Waals surface area contributed by atoms with Crippen molar-refractivity contribution in [3.05, 3.63) is 54.5 Å². The molecule has 2 unspecified atom stereocenters. The standard InChI is InChI=1S/C23H23N5O3/c29-21(13-27-22(30)16-5-1-2-6-17(16)23(27)31)25-12-15-9-10-20(24-11-15)28-14-26-18-7-3-4-8-19(18)28/h3-4,7-11,14,16-17H,1-2,5-6,12-13H2,(H,25,29). The van der Waals surface area contributed by atoms with Crippen molar-refractivity contribution in [3.63, 3.8) is 0 Å². The first kappa shape index (κ1) is 19.4. The number of carbonyl (C=O) groups is 3. The topological polar surface area (TPSA) is 97.2 Å². The molecule has 8 heteroatoms. The SMILES string of the molecule is O=C(CN1C(=O)C2CCCCC2C1=O)NCc1ccc(-n2cnc3ccccc32)nc1. The normalized spacial score (nSPS) is 20.8. The largest absolute Gasteiger partial charge is 0.350 e. The number of carbonyl (C=O) groups excluding carboxylic acids is 3. The van der Waals surface area contributed by atoms with Crippen molar-refractivity contribution in [2.75, 3.05) is 6.54 Å². The minimum absolute atomic E-state index is 0.191. The van der Waals surface area contributed by atoms with E-state index in [9.17, 15) is 14.4 Å². The van der Waals surface area contributed by atoms with E-state index in [0.29, 0.717) is 0 Å². The molecule has 1 saturated carbocycles. The fourth-order valence-corrected chi connectivity index (χ4v) is 4.59. The lowest BCUT2D eigenvalue weighted by molar-refractivity contribution is -0.143. The number of fused-ring (bicyclic) bond motifs is 2. The number of imide groups is 1. The Morgan fingerprint density at radius 1 is 1.00 bits per heavy atom. The predicted octanol–water partition coefficient (Wildman–Crippen LogP) is 2.21. The van der Waals surface area contributed by atoms with E-state index in [1.54, 1.807) is 12.5 Å². The van der Waals surface area contributed by atoms with Crippen molar-refractivity contribution in [2.24, 2.45) is 11.8 Å². The van der Waals surface area contributed by atoms with Gasteiger partial charge in [-0.15, -0.1) is 0 Å². The Bertz CT molecular complexity index is 1130. The van der Waals surface area contributed by atoms with Crippen molar-refractivity contribution in [2.45, 2.75) is 32.2 Å². The molecule has 1 aliphatic heterocycles. The van der Waals surface area contributed by atoms with Gasteiger partial charge in [-0.25, -0.2) is 9.97 Å². The molecule has 1 aliphatic carbocycles. The highest BCUT2D eigenvalue weighted by molar-refractivity contribution is 6.07. The third-order valence-corrected chi connectivity index (χ3v) is 6.23. The molecule has 2 aliphatic rings. The number of nitrogens with one attached hydrogen (secondary N) is 1. The second kappa shape index (κ2) is 7.94. The molecule has 31 heavy (non-hydrogen) atoms. The molecule has 0 radical (unpaired) electrons. The number of aromatic nitrogens is 3. The number of para-hydroxylation sites is 2. The summed E-state index contributed by atoms with van der Waals surface area (Å²) in [5.74, 6) is -0.452. The van der Waals surface area contributed by atoms with Crippen LogP contribution in [0.15, 0.2) is 48.9 Å². The molecule has 1 N–H and O–H groups in total. The Balaban J connectivity index is 1.20. The highest BCUT2D eigenvalue weighted by Crippen LogP contribution is 2.37. The zero-order chi connectivity index (χ0) is 21.4. The number of hydrogen-bond acceptors (Lipinski definition) is 5. The van der Waals surface area contributed by atoms with Crippen LogP contribution in [0.2, 0.25) is 0 Å². The van der Waals surface area contributed by atoms with Crippen LogP contribution in [-0.4, -0.2) is 43.7 Å². The molecule has 0 spiro atoms. The second-order valence-corrected chi connectivity index (χ2v) is 8.16. The number of amides is 3. The Morgan fingerprint density at radius 2 is 1.74 bits per heavy atom. The van der Waals surface area contributed by atoms with Gasteiger partial charge in [-0.2, -0.15) is 0 Å². The van der Waals surface area contributed by atoms with Crippen LogP contribution in [0.1, 0.15) is 31.2 Å². The number of pyridine rings is 1. The Labute approximate surface area is 179 Å². The Hall–Kier alpha value is -3.55. The van der Waals surface area contributed by atoms with Crippen molar-refractivity contribution in [1.29, 1.82) is 0 Å². The minimum Gasteiger partial charge on any atom is -0.350 e. The van der Waals surface area contributed by atoms with Gasteiger partial charge in [-0.3, -0.25) is 23.9 Å². The van der Waals surface area contributed by atoms with Gasteiger partial charge in [0.15, 0.2) is 0 Å². The van der Waals surface area contributed by atoms with Gasteiger partial charge in [-0.1, -0.05) is 31.0 Å². The summed E-state index contributed by atoms with van der Waals surface area (Å²) in [5, 5.41) is 2.79. The molecule has 8 nitrogen and oxygen atoms in total. The summed E-state index contributed by atoms with van der Waals surface area (Å²) in [6.07, 6.45) is 6.87. The molecule has 2 fully saturated rings. The lowest BCUT2D eigenvalue weighted by Gasteiger charge is -2.19. The molecule has 2 aromatic heterocycles. The fraction of sp³-hybridized carbons (Fsp3) is 0.348. The summed E-state index contributed by atoms with van der Waals surface area (Å²) < 4.78 is 1.90. The third-order valence-electron chi connectivity index (χ3n) is 6.23. The summed E-state index contributed by atoms with van der Waals surface area (Å²) >= 11 is 0. The number of nitrogens with zero attached hydrogens (tertiary/aromatic N) is 4. The van der Waals surface area contributed by atoms with Crippen LogP contribution in [0.3, 0.4) is 0 Å². The van der Waals surface area contributed by atoms with E-state index >= 15 is 0 Å². The first-order valence-electron chi connectivity index (χ1n) is 10.6. The van der Waals surface area contributed by atoms with Gasteiger partial charge in [-0.05, 0) is 36.6 Å². The monoisotopic (exact) mass is 417 g/mol. The maximum Gasteiger partial charge on any atom is 0.240 e. The highest BCUT2D eigenvalue weighted by atomic mass is 16.2. The quantitative estimate of drug-likeness (QED) is 0.642. The van der Waals surface area contributed by atoms with Crippen LogP contribution in [0, 0.1) is 11.8 Å². The van der Waals surface area contributed by atoms with Crippen LogP contribution in [0.25, 0.3) is 16.9 Å². The number of hydrogen-bond donors (Lipinski definition) is 1. The molecular weight excluding hydrogens is 394 g/mol. The molecule has 3 amide bonds. The van der Waals surface area contributed by atoms with E-state index in [2.05, 4.69) is 15.3 Å². The summed E-state index contributed by atoms with van der Waals surface area (Å²) in [7, 11) is 0. The van der Waals surface area contributed by atoms with Crippen molar-refractivity contribution >= 4 is 28.8 Å². The molecule has 2 atom stereocenters. The minimum atomic E-state index is -0.343. The summed E-state index contributed by atoms with van der Waals surface area (Å²) in [5.41, 5.74) is 2.69. The number of benzene rings is 1. The van der Waals surface area contributed by atoms with Crippen molar-refractivity contribution < 1.29 is 14.4 Å². The smallest absolute Gasteiger partial charge is 0.240 e. The molecule has 1 aromatic carbocycles. The van der Waals surface area contributed by atoms with Crippen LogP contribution in [-0.2, 0) is 20.9 Å². The average molecular weight is 417 g/mol. The summed E-state index contributed by atoms with van der Waals surface area (Å²) in [6, 6.07) is 11.6. The maximum absolute atomic E-state index is 12.5. The molecule has 3 heterocycles. The van der Waals surface area contributed by atoms with Crippen LogP contribution in [0.5, 0.6) is 0 Å². The van der Waals surface area contributed by atoms with Crippen LogP contribution in [0.4, 0.5) is 0 Å². The first-order chi connectivity index (χ1) is 15.1. The zero-order valence-corrected chi connectivity index (χ0v) is 17.0. The van der Waals surface area contributed by atoms with Crippen molar-refractivity contribution in [3.8, 4) is 5.82 Å². The van der Waals surface area contributed by atoms with E-state index in [1.165, 1.54) is 0 Å². The number of likely N-dealkylation sites (tertiary alicyclic amines) is 1. The van der Waals surface area contributed by atoms with Gasteiger partial charge in [0.2, 0.25) is 17.7 Å². The molecule has 1 saturated heterocycles. The van der Waals surface area contributed by atoms with E-state index in [-0.39, 0.29) is 42.6 Å². The van der Waals surface area contributed by atoms with Gasteiger partial charge in [0.1, 0.15) is 18.7 Å². The maximum atomic E-state index is 12.5. The average Bonchev–Trinajstić information content (AvgIpc) is 3.34. The van der Waals surface area contributed by atoms with Crippen LogP contribution < -0.4 is 5.32 Å². The van der Waals surface area contributed by atoms with E-state index in [4.69, 9.17) is 0 Å². The lowest BCUT2D eigenvalue weighted by Crippen LogP contribution is -2.40. The van der Waals surface area contributed by atoms with Crippen LogP contribution >= 0.6 is 0 Å². The Morgan fingerprint density at radius 3 is 2.45 bits per heavy atom. The van der Waals surface area contributed by atoms with E-state index < -0.39 is 0 Å². The summed E-state index contributed by atoms with van der Waals surface area (Å²) in [4.78, 5) is 47.4. The Kier molecular flexibility index (Phi) is 4.97. The second-order valence-electron chi connectivity index (χ2n) is 8.16. The first-order valence-corrected chi connectivity index (χ1v) is 10.6. The van der Waals surface area contributed by atoms with Gasteiger partial charge < -0.3 is 5.32 Å². The predicted molar refractivity (Wildman–Crippen MR) is 113 cm³/mol. The number of rotatable bonds is 5. The van der Waals surface area contributed by atoms with Gasteiger partial charge in [0.25, 0.3) is 0 Å².